The number of nitrogens with one attached hydrogen (secondary N) is 1. The molecule has 0 amide bonds. The Hall–Kier alpha value is -2.40. The van der Waals surface area contributed by atoms with Gasteiger partial charge in [0.15, 0.2) is 0 Å². The number of carboxylic acids is 1. The lowest BCUT2D eigenvalue weighted by Crippen LogP contribution is -2.25. The van der Waals surface area contributed by atoms with Crippen molar-refractivity contribution in [2.45, 2.75) is 26.3 Å². The Morgan fingerprint density at radius 1 is 1.25 bits per heavy atom. The van der Waals surface area contributed by atoms with Crippen LogP contribution in [-0.4, -0.2) is 24.2 Å². The molecule has 0 saturated carbocycles. The average Bonchev–Trinajstić information content (AvgIpc) is 2.56. The van der Waals surface area contributed by atoms with Gasteiger partial charge < -0.3 is 15.2 Å². The third kappa shape index (κ3) is 3.26. The van der Waals surface area contributed by atoms with E-state index in [0.717, 1.165) is 28.8 Å². The van der Waals surface area contributed by atoms with Gasteiger partial charge in [-0.1, -0.05) is 18.2 Å². The van der Waals surface area contributed by atoms with Crippen molar-refractivity contribution < 1.29 is 19.0 Å². The number of ether oxygens (including phenoxy) is 1. The summed E-state index contributed by atoms with van der Waals surface area (Å²) in [5, 5.41) is 12.3. The van der Waals surface area contributed by atoms with Crippen LogP contribution in [0.1, 0.15) is 23.6 Å². The molecule has 0 aliphatic carbocycles. The summed E-state index contributed by atoms with van der Waals surface area (Å²) in [5.74, 6) is -0.417. The summed E-state index contributed by atoms with van der Waals surface area (Å²) in [7, 11) is 0. The van der Waals surface area contributed by atoms with E-state index in [1.165, 1.54) is 6.07 Å². The van der Waals surface area contributed by atoms with E-state index < -0.39 is 5.97 Å². The Morgan fingerprint density at radius 3 is 2.79 bits per heavy atom. The molecule has 4 nitrogen and oxygen atoms in total. The third-order valence-electron chi connectivity index (χ3n) is 4.22. The van der Waals surface area contributed by atoms with Gasteiger partial charge in [-0.3, -0.25) is 4.79 Å². The monoisotopic (exact) mass is 329 g/mol. The molecule has 0 radical (unpaired) electrons. The zero-order chi connectivity index (χ0) is 17.1. The van der Waals surface area contributed by atoms with Crippen LogP contribution in [0.25, 0.3) is 11.1 Å². The van der Waals surface area contributed by atoms with E-state index in [-0.39, 0.29) is 12.2 Å². The van der Waals surface area contributed by atoms with Crippen molar-refractivity contribution in [2.24, 2.45) is 0 Å². The fourth-order valence-electron chi connectivity index (χ4n) is 3.16. The lowest BCUT2D eigenvalue weighted by molar-refractivity contribution is -0.136. The van der Waals surface area contributed by atoms with Gasteiger partial charge in [-0.15, -0.1) is 0 Å². The first-order chi connectivity index (χ1) is 11.6. The molecule has 1 aliphatic rings. The quantitative estimate of drug-likeness (QED) is 0.885. The molecule has 0 bridgehead atoms. The Labute approximate surface area is 140 Å². The van der Waals surface area contributed by atoms with Gasteiger partial charge in [0.1, 0.15) is 11.6 Å². The van der Waals surface area contributed by atoms with Crippen LogP contribution in [0.5, 0.6) is 5.75 Å². The first-order valence-electron chi connectivity index (χ1n) is 8.09. The van der Waals surface area contributed by atoms with Crippen LogP contribution in [-0.2, 0) is 24.2 Å². The maximum atomic E-state index is 14.1. The van der Waals surface area contributed by atoms with Crippen LogP contribution >= 0.6 is 0 Å². The SMILES string of the molecule is CCOc1cc(CC(=O)O)ccc1-c1ccc(F)c2c1CNCC2. The normalized spacial score (nSPS) is 13.4. The number of halogens is 1. The minimum Gasteiger partial charge on any atom is -0.493 e. The molecule has 0 fully saturated rings. The molecule has 1 aliphatic heterocycles. The molecule has 1 heterocycles. The van der Waals surface area contributed by atoms with Gasteiger partial charge in [-0.2, -0.15) is 0 Å². The Kier molecular flexibility index (Phi) is 4.81. The number of rotatable bonds is 5. The van der Waals surface area contributed by atoms with Crippen molar-refractivity contribution in [1.29, 1.82) is 0 Å². The van der Waals surface area contributed by atoms with Gasteiger partial charge >= 0.3 is 5.97 Å². The first-order valence-corrected chi connectivity index (χ1v) is 8.09. The second-order valence-corrected chi connectivity index (χ2v) is 5.81. The van der Waals surface area contributed by atoms with Gasteiger partial charge in [0.05, 0.1) is 13.0 Å². The minimum atomic E-state index is -0.881. The molecule has 2 N–H and O–H groups in total. The van der Waals surface area contributed by atoms with E-state index in [2.05, 4.69) is 5.32 Å². The molecule has 5 heteroatoms. The van der Waals surface area contributed by atoms with E-state index in [0.29, 0.717) is 30.9 Å². The Morgan fingerprint density at radius 2 is 2.04 bits per heavy atom. The van der Waals surface area contributed by atoms with Crippen LogP contribution in [0.2, 0.25) is 0 Å². The largest absolute Gasteiger partial charge is 0.493 e. The highest BCUT2D eigenvalue weighted by atomic mass is 19.1. The maximum absolute atomic E-state index is 14.1. The van der Waals surface area contributed by atoms with Crippen molar-refractivity contribution in [3.8, 4) is 16.9 Å². The zero-order valence-electron chi connectivity index (χ0n) is 13.6. The molecular formula is C19H20FNO3. The predicted molar refractivity (Wildman–Crippen MR) is 89.8 cm³/mol. The minimum absolute atomic E-state index is 0.0521. The second kappa shape index (κ2) is 7.01. The van der Waals surface area contributed by atoms with Crippen LogP contribution in [0.3, 0.4) is 0 Å². The second-order valence-electron chi connectivity index (χ2n) is 5.81. The number of fused-ring (bicyclic) bond motifs is 1. The molecule has 0 atom stereocenters. The van der Waals surface area contributed by atoms with Gasteiger partial charge in [-0.05, 0) is 54.3 Å². The molecule has 3 rings (SSSR count). The van der Waals surface area contributed by atoms with Gasteiger partial charge in [0.2, 0.25) is 0 Å². The molecule has 2 aromatic rings. The maximum Gasteiger partial charge on any atom is 0.307 e. The third-order valence-corrected chi connectivity index (χ3v) is 4.22. The molecule has 24 heavy (non-hydrogen) atoms. The van der Waals surface area contributed by atoms with E-state index in [9.17, 15) is 9.18 Å². The lowest BCUT2D eigenvalue weighted by atomic mass is 9.90. The highest BCUT2D eigenvalue weighted by molar-refractivity contribution is 5.77. The van der Waals surface area contributed by atoms with Crippen LogP contribution < -0.4 is 10.1 Å². The zero-order valence-corrected chi connectivity index (χ0v) is 13.6. The molecule has 0 saturated heterocycles. The topological polar surface area (TPSA) is 58.6 Å². The molecular weight excluding hydrogens is 309 g/mol. The lowest BCUT2D eigenvalue weighted by Gasteiger charge is -2.22. The molecule has 0 unspecified atom stereocenters. The summed E-state index contributed by atoms with van der Waals surface area (Å²) in [6.07, 6.45) is 0.611. The molecule has 126 valence electrons. The number of hydrogen-bond donors (Lipinski definition) is 2. The molecule has 2 aromatic carbocycles. The fourth-order valence-corrected chi connectivity index (χ4v) is 3.16. The number of carboxylic acid groups (broad SMARTS) is 1. The van der Waals surface area contributed by atoms with Crippen LogP contribution in [0.4, 0.5) is 4.39 Å². The Bertz CT molecular complexity index is 773. The van der Waals surface area contributed by atoms with Crippen molar-refractivity contribution in [3.05, 3.63) is 52.8 Å². The number of aliphatic carboxylic acids is 1. The summed E-state index contributed by atoms with van der Waals surface area (Å²) in [4.78, 5) is 10.9. The van der Waals surface area contributed by atoms with Gasteiger partial charge in [-0.25, -0.2) is 4.39 Å². The summed E-state index contributed by atoms with van der Waals surface area (Å²) in [6, 6.07) is 8.69. The fraction of sp³-hybridized carbons (Fsp3) is 0.316. The summed E-state index contributed by atoms with van der Waals surface area (Å²) in [6.45, 7) is 3.74. The van der Waals surface area contributed by atoms with E-state index >= 15 is 0 Å². The van der Waals surface area contributed by atoms with E-state index in [1.807, 2.05) is 13.0 Å². The van der Waals surface area contributed by atoms with E-state index in [1.54, 1.807) is 18.2 Å². The summed E-state index contributed by atoms with van der Waals surface area (Å²) >= 11 is 0. The van der Waals surface area contributed by atoms with Crippen molar-refractivity contribution in [3.63, 3.8) is 0 Å². The molecule has 0 spiro atoms. The highest BCUT2D eigenvalue weighted by Crippen LogP contribution is 2.36. The average molecular weight is 329 g/mol. The van der Waals surface area contributed by atoms with Gasteiger partial charge in [0.25, 0.3) is 0 Å². The number of hydrogen-bond acceptors (Lipinski definition) is 3. The van der Waals surface area contributed by atoms with E-state index in [4.69, 9.17) is 9.84 Å². The van der Waals surface area contributed by atoms with Crippen molar-refractivity contribution >= 4 is 5.97 Å². The predicted octanol–water partition coefficient (Wildman–Crippen LogP) is 3.16. The van der Waals surface area contributed by atoms with Crippen LogP contribution in [0, 0.1) is 5.82 Å². The molecule has 0 aromatic heterocycles. The standard InChI is InChI=1S/C19H20FNO3/c1-2-24-18-9-12(10-19(22)23)3-4-15(18)13-5-6-17(20)14-7-8-21-11-16(13)14/h3-6,9,21H,2,7-8,10-11H2,1H3,(H,22,23). The van der Waals surface area contributed by atoms with Crippen molar-refractivity contribution in [2.75, 3.05) is 13.2 Å². The number of carbonyl (C=O) groups is 1. The first kappa shape index (κ1) is 16.5. The van der Waals surface area contributed by atoms with Crippen LogP contribution in [0.15, 0.2) is 30.3 Å². The van der Waals surface area contributed by atoms with Crippen molar-refractivity contribution in [1.82, 2.24) is 5.32 Å². The Balaban J connectivity index is 2.10. The highest BCUT2D eigenvalue weighted by Gasteiger charge is 2.20. The summed E-state index contributed by atoms with van der Waals surface area (Å²) < 4.78 is 19.8. The smallest absolute Gasteiger partial charge is 0.307 e. The number of benzene rings is 2. The van der Waals surface area contributed by atoms with Gasteiger partial charge in [0, 0.05) is 12.1 Å². The summed E-state index contributed by atoms with van der Waals surface area (Å²) in [5.41, 5.74) is 4.19.